The van der Waals surface area contributed by atoms with E-state index in [1.807, 2.05) is 0 Å². The molecule has 7 heteroatoms. The van der Waals surface area contributed by atoms with E-state index in [9.17, 15) is 0 Å². The first kappa shape index (κ1) is 34.2. The van der Waals surface area contributed by atoms with Gasteiger partial charge < -0.3 is 15.3 Å². The van der Waals surface area contributed by atoms with Crippen LogP contribution in [0.5, 0.6) is 0 Å². The topological polar surface area (TPSA) is 143 Å². The van der Waals surface area contributed by atoms with Crippen LogP contribution in [0.2, 0.25) is 0 Å². The van der Waals surface area contributed by atoms with E-state index in [0.717, 1.165) is 12.2 Å². The Balaban J connectivity index is -0.000000135. The van der Waals surface area contributed by atoms with E-state index in [-0.39, 0.29) is 33.2 Å². The van der Waals surface area contributed by atoms with Crippen molar-refractivity contribution >= 4 is 12.2 Å². The molecule has 0 amide bonds. The minimum atomic E-state index is -0.0443. The Kier molecular flexibility index (Phi) is 44.6. The van der Waals surface area contributed by atoms with Gasteiger partial charge in [-0.15, -0.1) is 0 Å². The van der Waals surface area contributed by atoms with Crippen molar-refractivity contribution in [1.29, 1.82) is 10.8 Å². The number of aliphatic hydroxyl groups is 3. The molecule has 0 atom stereocenters. The van der Waals surface area contributed by atoms with E-state index in [4.69, 9.17) is 35.7 Å². The minimum absolute atomic E-state index is 0. The molecule has 0 spiro atoms. The van der Waals surface area contributed by atoms with Gasteiger partial charge in [0.25, 0.3) is 0 Å². The highest BCUT2D eigenvalue weighted by Gasteiger charge is 2.03. The van der Waals surface area contributed by atoms with E-state index >= 15 is 0 Å². The van der Waals surface area contributed by atoms with Crippen molar-refractivity contribution in [2.24, 2.45) is 5.92 Å². The summed E-state index contributed by atoms with van der Waals surface area (Å²) in [6.45, 7) is 0.156. The van der Waals surface area contributed by atoms with Crippen molar-refractivity contribution in [2.75, 3.05) is 19.8 Å². The second-order valence-corrected chi connectivity index (χ2v) is 6.54. The number of rotatable bonds is 5. The second kappa shape index (κ2) is 36.5. The molecule has 0 heterocycles. The SMILES string of the molecule is C.C1CCCCC1.C1CCCCC1.N=C=O.N=C=O.OCCCC(CO)CO. The summed E-state index contributed by atoms with van der Waals surface area (Å²) in [6, 6.07) is 0. The normalized spacial score (nSPS) is 14.3. The van der Waals surface area contributed by atoms with Crippen LogP contribution in [0.4, 0.5) is 0 Å². The highest BCUT2D eigenvalue weighted by atomic mass is 16.3. The van der Waals surface area contributed by atoms with Crippen molar-refractivity contribution in [1.82, 2.24) is 0 Å². The van der Waals surface area contributed by atoms with Crippen molar-refractivity contribution in [2.45, 2.75) is 97.3 Å². The zero-order chi connectivity index (χ0) is 21.0. The third kappa shape index (κ3) is 39.6. The third-order valence-corrected chi connectivity index (χ3v) is 4.29. The summed E-state index contributed by atoms with van der Waals surface area (Å²) >= 11 is 0. The highest BCUT2D eigenvalue weighted by Crippen LogP contribution is 2.15. The Morgan fingerprint density at radius 1 is 0.643 bits per heavy atom. The summed E-state index contributed by atoms with van der Waals surface area (Å²) < 4.78 is 0. The molecule has 0 aromatic heterocycles. The zero-order valence-electron chi connectivity index (χ0n) is 16.8. The van der Waals surface area contributed by atoms with Gasteiger partial charge in [-0.25, -0.2) is 20.4 Å². The average Bonchev–Trinajstić information content (AvgIpc) is 2.74. The second-order valence-electron chi connectivity index (χ2n) is 6.54. The fourth-order valence-corrected chi connectivity index (χ4v) is 2.74. The van der Waals surface area contributed by atoms with Crippen molar-refractivity contribution in [3.05, 3.63) is 0 Å². The zero-order valence-corrected chi connectivity index (χ0v) is 16.8. The maximum absolute atomic E-state index is 8.51. The van der Waals surface area contributed by atoms with Gasteiger partial charge in [-0.2, -0.15) is 0 Å². The van der Waals surface area contributed by atoms with E-state index < -0.39 is 0 Å². The number of carbonyl (C=O) groups excluding carboxylic acids is 2. The molecule has 0 bridgehead atoms. The van der Waals surface area contributed by atoms with Gasteiger partial charge >= 0.3 is 0 Å². The molecular weight excluding hydrogens is 360 g/mol. The van der Waals surface area contributed by atoms with Crippen LogP contribution in [0.1, 0.15) is 97.3 Å². The maximum atomic E-state index is 8.51. The van der Waals surface area contributed by atoms with Gasteiger partial charge in [-0.3, -0.25) is 0 Å². The quantitative estimate of drug-likeness (QED) is 0.339. The van der Waals surface area contributed by atoms with Crippen LogP contribution in [-0.4, -0.2) is 47.3 Å². The molecule has 0 aromatic carbocycles. The minimum Gasteiger partial charge on any atom is -0.396 e. The number of aliphatic hydroxyl groups excluding tert-OH is 3. The molecule has 168 valence electrons. The molecule has 7 nitrogen and oxygen atoms in total. The summed E-state index contributed by atoms with van der Waals surface area (Å²) in [7, 11) is 0. The van der Waals surface area contributed by atoms with Gasteiger partial charge in [0.15, 0.2) is 0 Å². The van der Waals surface area contributed by atoms with Gasteiger partial charge in [0.1, 0.15) is 0 Å². The fraction of sp³-hybridized carbons (Fsp3) is 0.905. The van der Waals surface area contributed by atoms with Crippen LogP contribution in [0.25, 0.3) is 0 Å². The molecule has 2 saturated carbocycles. The van der Waals surface area contributed by atoms with Gasteiger partial charge in [0, 0.05) is 25.7 Å². The van der Waals surface area contributed by atoms with E-state index in [0.29, 0.717) is 12.8 Å². The molecule has 2 rings (SSSR count). The first-order valence-electron chi connectivity index (χ1n) is 10.1. The molecule has 0 radical (unpaired) electrons. The number of hydrogen-bond acceptors (Lipinski definition) is 7. The first-order chi connectivity index (χ1) is 13.2. The lowest BCUT2D eigenvalue weighted by molar-refractivity contribution is 0.136. The summed E-state index contributed by atoms with van der Waals surface area (Å²) in [6.07, 6.45) is 20.9. The van der Waals surface area contributed by atoms with Crippen molar-refractivity contribution < 1.29 is 24.9 Å². The van der Waals surface area contributed by atoms with Crippen LogP contribution in [0, 0.1) is 16.7 Å². The van der Waals surface area contributed by atoms with Crippen LogP contribution in [-0.2, 0) is 9.59 Å². The Morgan fingerprint density at radius 2 is 0.857 bits per heavy atom. The fourth-order valence-electron chi connectivity index (χ4n) is 2.74. The lowest BCUT2D eigenvalue weighted by Gasteiger charge is -2.07. The van der Waals surface area contributed by atoms with E-state index in [2.05, 4.69) is 0 Å². The molecule has 28 heavy (non-hydrogen) atoms. The van der Waals surface area contributed by atoms with E-state index in [1.54, 1.807) is 0 Å². The van der Waals surface area contributed by atoms with Crippen LogP contribution in [0.15, 0.2) is 0 Å². The van der Waals surface area contributed by atoms with Gasteiger partial charge in [-0.1, -0.05) is 84.5 Å². The summed E-state index contributed by atoms with van der Waals surface area (Å²) in [5.41, 5.74) is 0. The van der Waals surface area contributed by atoms with Crippen LogP contribution < -0.4 is 0 Å². The van der Waals surface area contributed by atoms with Crippen LogP contribution in [0.3, 0.4) is 0 Å². The largest absolute Gasteiger partial charge is 0.396 e. The Morgan fingerprint density at radius 3 is 1.00 bits per heavy atom. The predicted molar refractivity (Wildman–Crippen MR) is 113 cm³/mol. The Hall–Kier alpha value is -1.36. The molecule has 0 aromatic rings. The third-order valence-electron chi connectivity index (χ3n) is 4.29. The van der Waals surface area contributed by atoms with Crippen LogP contribution >= 0.6 is 0 Å². The van der Waals surface area contributed by atoms with Gasteiger partial charge in [0.2, 0.25) is 12.2 Å². The number of isocyanates is 2. The number of nitrogens with one attached hydrogen (secondary N) is 2. The number of hydrogen-bond donors (Lipinski definition) is 5. The molecule has 0 saturated heterocycles. The molecule has 2 fully saturated rings. The summed E-state index contributed by atoms with van der Waals surface area (Å²) in [5, 5.41) is 36.2. The smallest absolute Gasteiger partial charge is 0.231 e. The monoisotopic (exact) mass is 404 g/mol. The predicted octanol–water partition coefficient (Wildman–Crippen LogP) is 4.48. The Labute approximate surface area is 171 Å². The van der Waals surface area contributed by atoms with Gasteiger partial charge in [0.05, 0.1) is 0 Å². The molecule has 0 aliphatic heterocycles. The highest BCUT2D eigenvalue weighted by molar-refractivity contribution is 5.26. The van der Waals surface area contributed by atoms with Crippen molar-refractivity contribution in [3.63, 3.8) is 0 Å². The molecular formula is C21H44N2O5. The first-order valence-corrected chi connectivity index (χ1v) is 10.1. The molecule has 0 unspecified atom stereocenters. The molecule has 5 N–H and O–H groups in total. The molecule has 2 aliphatic carbocycles. The Bertz CT molecular complexity index is 270. The maximum Gasteiger partial charge on any atom is 0.231 e. The lowest BCUT2D eigenvalue weighted by atomic mass is 10.0. The van der Waals surface area contributed by atoms with Crippen molar-refractivity contribution in [3.8, 4) is 0 Å². The average molecular weight is 405 g/mol. The van der Waals surface area contributed by atoms with Gasteiger partial charge in [-0.05, 0) is 12.8 Å². The lowest BCUT2D eigenvalue weighted by Crippen LogP contribution is -2.11. The standard InChI is InChI=1S/C6H14O3.2C6H12.2CHNO.CH4/c7-3-1-2-6(4-8)5-9;2*1-2-4-6-5-3-1;2*2-1-3;/h6-9H,1-5H2;2*1-6H2;2*2H;1H4. The molecule has 2 aliphatic rings. The van der Waals surface area contributed by atoms with E-state index in [1.165, 1.54) is 77.0 Å². The summed E-state index contributed by atoms with van der Waals surface area (Å²) in [5.74, 6) is -0.0443. The summed E-state index contributed by atoms with van der Waals surface area (Å²) in [4.78, 5) is 16.7.